The summed E-state index contributed by atoms with van der Waals surface area (Å²) >= 11 is 0. The third kappa shape index (κ3) is 2.92. The quantitative estimate of drug-likeness (QED) is 0.713. The largest absolute Gasteiger partial charge is 1.00 e. The van der Waals surface area contributed by atoms with E-state index in [9.17, 15) is 0 Å². The van der Waals surface area contributed by atoms with Gasteiger partial charge >= 0.3 is 0 Å². The first-order valence-corrected chi connectivity index (χ1v) is 7.55. The van der Waals surface area contributed by atoms with Gasteiger partial charge < -0.3 is 24.0 Å². The summed E-state index contributed by atoms with van der Waals surface area (Å²) in [6.07, 6.45) is 4.85. The summed E-state index contributed by atoms with van der Waals surface area (Å²) in [4.78, 5) is 3.78. The summed E-state index contributed by atoms with van der Waals surface area (Å²) in [6, 6.07) is 15.1. The molecule has 0 fully saturated rings. The van der Waals surface area contributed by atoms with Gasteiger partial charge in [0, 0.05) is 23.7 Å². The van der Waals surface area contributed by atoms with Gasteiger partial charge in [0.05, 0.1) is 6.20 Å². The number of anilines is 1. The molecule has 116 valence electrons. The lowest BCUT2D eigenvalue weighted by Crippen LogP contribution is -3.06. The minimum atomic E-state index is 0. The number of aryl methyl sites for hydroxylation is 3. The molecule has 22 heavy (non-hydrogen) atoms. The van der Waals surface area contributed by atoms with E-state index < -0.39 is 0 Å². The minimum Gasteiger partial charge on any atom is -1.00 e. The molecule has 1 unspecified atom stereocenters. The molecule has 1 N–H and O–H groups in total. The molecule has 0 aromatic heterocycles. The first-order valence-electron chi connectivity index (χ1n) is 7.55. The Hall–Kier alpha value is -1.33. The molecule has 2 aromatic rings. The predicted molar refractivity (Wildman–Crippen MR) is 88.8 cm³/mol. The van der Waals surface area contributed by atoms with Crippen LogP contribution in [0.3, 0.4) is 0 Å². The Balaban J connectivity index is 0.00000176. The van der Waals surface area contributed by atoms with E-state index in [0.29, 0.717) is 6.17 Å². The lowest BCUT2D eigenvalue weighted by molar-refractivity contribution is -0.795. The van der Waals surface area contributed by atoms with Crippen molar-refractivity contribution in [1.82, 2.24) is 0 Å². The number of rotatable bonds is 2. The van der Waals surface area contributed by atoms with Gasteiger partial charge in [0.25, 0.3) is 0 Å². The fourth-order valence-corrected chi connectivity index (χ4v) is 3.28. The summed E-state index contributed by atoms with van der Waals surface area (Å²) in [6.45, 7) is 8.86. The molecule has 0 bridgehead atoms. The Bertz CT molecular complexity index is 673. The van der Waals surface area contributed by atoms with Crippen LogP contribution in [0.1, 0.15) is 23.6 Å². The molecule has 0 radical (unpaired) electrons. The Morgan fingerprint density at radius 2 is 1.45 bits per heavy atom. The Labute approximate surface area is 150 Å². The van der Waals surface area contributed by atoms with E-state index in [2.05, 4.69) is 87.5 Å². The van der Waals surface area contributed by atoms with Gasteiger partial charge in [-0.1, -0.05) is 36.4 Å². The van der Waals surface area contributed by atoms with Crippen LogP contribution in [0.2, 0.25) is 0 Å². The molecule has 0 amide bonds. The smallest absolute Gasteiger partial charge is 0.173 e. The summed E-state index contributed by atoms with van der Waals surface area (Å²) in [5.74, 6) is 0. The SMILES string of the molecule is Cc1ccccc1N1C=C[NH+](c2c(C)cccc2C)[C@H]1C.[I-]. The van der Waals surface area contributed by atoms with Gasteiger partial charge in [-0.25, -0.2) is 0 Å². The van der Waals surface area contributed by atoms with Crippen LogP contribution in [0.15, 0.2) is 54.9 Å². The average molecular weight is 406 g/mol. The molecular weight excluding hydrogens is 383 g/mol. The minimum absolute atomic E-state index is 0. The van der Waals surface area contributed by atoms with Crippen molar-refractivity contribution in [3.63, 3.8) is 0 Å². The van der Waals surface area contributed by atoms with Gasteiger partial charge in [-0.15, -0.1) is 0 Å². The lowest BCUT2D eigenvalue weighted by Gasteiger charge is -2.27. The van der Waals surface area contributed by atoms with E-state index in [-0.39, 0.29) is 24.0 Å². The van der Waals surface area contributed by atoms with Crippen LogP contribution in [-0.4, -0.2) is 6.17 Å². The molecule has 1 heterocycles. The van der Waals surface area contributed by atoms with Gasteiger partial charge in [-0.2, -0.15) is 0 Å². The molecule has 2 nitrogen and oxygen atoms in total. The van der Waals surface area contributed by atoms with E-state index in [0.717, 1.165) is 0 Å². The first kappa shape index (κ1) is 17.0. The molecule has 2 atom stereocenters. The zero-order valence-corrected chi connectivity index (χ0v) is 15.8. The van der Waals surface area contributed by atoms with Crippen molar-refractivity contribution in [2.75, 3.05) is 4.90 Å². The van der Waals surface area contributed by atoms with Gasteiger partial charge in [0.1, 0.15) is 11.9 Å². The molecule has 3 heteroatoms. The van der Waals surface area contributed by atoms with Crippen molar-refractivity contribution >= 4 is 11.4 Å². The topological polar surface area (TPSA) is 7.68 Å². The highest BCUT2D eigenvalue weighted by atomic mass is 127. The van der Waals surface area contributed by atoms with Crippen molar-refractivity contribution in [3.05, 3.63) is 71.6 Å². The molecule has 0 saturated heterocycles. The maximum absolute atomic E-state index is 2.37. The fourth-order valence-electron chi connectivity index (χ4n) is 3.28. The first-order chi connectivity index (χ1) is 10.1. The second-order valence-corrected chi connectivity index (χ2v) is 5.91. The number of hydrogen-bond donors (Lipinski definition) is 1. The highest BCUT2D eigenvalue weighted by Gasteiger charge is 2.31. The van der Waals surface area contributed by atoms with Crippen LogP contribution in [0.25, 0.3) is 0 Å². The Morgan fingerprint density at radius 3 is 2.09 bits per heavy atom. The van der Waals surface area contributed by atoms with Crippen LogP contribution in [0, 0.1) is 20.8 Å². The van der Waals surface area contributed by atoms with Crippen molar-refractivity contribution in [3.8, 4) is 0 Å². The van der Waals surface area contributed by atoms with Crippen molar-refractivity contribution < 1.29 is 28.9 Å². The summed E-state index contributed by atoms with van der Waals surface area (Å²) < 4.78 is 0. The van der Waals surface area contributed by atoms with Gasteiger partial charge in [-0.3, -0.25) is 9.80 Å². The Morgan fingerprint density at radius 1 is 0.864 bits per heavy atom. The monoisotopic (exact) mass is 406 g/mol. The zero-order valence-electron chi connectivity index (χ0n) is 13.6. The van der Waals surface area contributed by atoms with E-state index >= 15 is 0 Å². The van der Waals surface area contributed by atoms with Crippen LogP contribution in [-0.2, 0) is 0 Å². The third-order valence-corrected chi connectivity index (χ3v) is 4.45. The van der Waals surface area contributed by atoms with Crippen molar-refractivity contribution in [1.29, 1.82) is 0 Å². The number of hydrogen-bond acceptors (Lipinski definition) is 1. The fraction of sp³-hybridized carbons (Fsp3) is 0.263. The van der Waals surface area contributed by atoms with E-state index in [1.54, 1.807) is 0 Å². The van der Waals surface area contributed by atoms with Crippen molar-refractivity contribution in [2.45, 2.75) is 33.9 Å². The zero-order chi connectivity index (χ0) is 15.0. The number of halogens is 1. The predicted octanol–water partition coefficient (Wildman–Crippen LogP) is 0.470. The standard InChI is InChI=1S/C19H22N2.HI/c1-14-8-5-6-11-18(14)20-12-13-21(17(20)4)19-15(2)9-7-10-16(19)3;/h5-13,17H,1-4H3;1H/t17-;/m0./s1. The van der Waals surface area contributed by atoms with E-state index in [4.69, 9.17) is 0 Å². The maximum atomic E-state index is 2.37. The molecule has 1 aliphatic heterocycles. The molecule has 0 aliphatic carbocycles. The number of para-hydroxylation sites is 2. The molecule has 0 spiro atoms. The highest BCUT2D eigenvalue weighted by Crippen LogP contribution is 2.24. The van der Waals surface area contributed by atoms with E-state index in [1.165, 1.54) is 33.0 Å². The van der Waals surface area contributed by atoms with Crippen LogP contribution in [0.4, 0.5) is 11.4 Å². The second-order valence-electron chi connectivity index (χ2n) is 5.91. The molecule has 0 saturated carbocycles. The van der Waals surface area contributed by atoms with Gasteiger partial charge in [0.15, 0.2) is 6.17 Å². The van der Waals surface area contributed by atoms with Crippen LogP contribution < -0.4 is 33.8 Å². The number of nitrogens with one attached hydrogen (secondary N) is 1. The summed E-state index contributed by atoms with van der Waals surface area (Å²) in [7, 11) is 0. The third-order valence-electron chi connectivity index (χ3n) is 4.45. The summed E-state index contributed by atoms with van der Waals surface area (Å²) in [5.41, 5.74) is 6.72. The number of quaternary nitrogens is 1. The maximum Gasteiger partial charge on any atom is 0.173 e. The van der Waals surface area contributed by atoms with Crippen LogP contribution in [0.5, 0.6) is 0 Å². The average Bonchev–Trinajstić information content (AvgIpc) is 2.81. The van der Waals surface area contributed by atoms with Crippen LogP contribution >= 0.6 is 0 Å². The highest BCUT2D eigenvalue weighted by molar-refractivity contribution is 5.57. The van der Waals surface area contributed by atoms with Gasteiger partial charge in [-0.05, 0) is 32.4 Å². The van der Waals surface area contributed by atoms with Gasteiger partial charge in [0.2, 0.25) is 0 Å². The lowest BCUT2D eigenvalue weighted by atomic mass is 10.1. The Kier molecular flexibility index (Phi) is 5.29. The second kappa shape index (κ2) is 6.84. The molecule has 1 aliphatic rings. The summed E-state index contributed by atoms with van der Waals surface area (Å²) in [5, 5.41) is 0. The number of benzene rings is 2. The molecule has 3 rings (SSSR count). The molecule has 2 aromatic carbocycles. The van der Waals surface area contributed by atoms with E-state index in [1.807, 2.05) is 0 Å². The number of nitrogens with zero attached hydrogens (tertiary/aromatic N) is 1. The normalized spacial score (nSPS) is 20.1. The molecular formula is C19H23IN2. The van der Waals surface area contributed by atoms with Crippen molar-refractivity contribution in [2.24, 2.45) is 0 Å².